The highest BCUT2D eigenvalue weighted by atomic mass is 15.0. The molecule has 0 aliphatic carbocycles. The van der Waals surface area contributed by atoms with Crippen LogP contribution in [0.3, 0.4) is 0 Å². The van der Waals surface area contributed by atoms with E-state index in [0.29, 0.717) is 0 Å². The molecule has 5 aromatic heterocycles. The monoisotopic (exact) mass is 651 g/mol. The summed E-state index contributed by atoms with van der Waals surface area (Å²) in [6, 6.07) is 53.4. The maximum Gasteiger partial charge on any atom is 0.0788 e. The number of hydrogen-bond acceptors (Lipinski definition) is 4. The summed E-state index contributed by atoms with van der Waals surface area (Å²) >= 11 is 0. The Morgan fingerprint density at radius 1 is 0.392 bits per heavy atom. The van der Waals surface area contributed by atoms with Crippen molar-refractivity contribution in [3.05, 3.63) is 176 Å². The molecule has 0 N–H and O–H groups in total. The van der Waals surface area contributed by atoms with Crippen molar-refractivity contribution in [2.75, 3.05) is 0 Å². The summed E-state index contributed by atoms with van der Waals surface area (Å²) in [5, 5.41) is 5.94. The van der Waals surface area contributed by atoms with Crippen LogP contribution in [0.15, 0.2) is 176 Å². The van der Waals surface area contributed by atoms with Crippen molar-refractivity contribution < 1.29 is 0 Å². The predicted molar refractivity (Wildman–Crippen MR) is 209 cm³/mol. The summed E-state index contributed by atoms with van der Waals surface area (Å²) in [5.41, 5.74) is 12.2. The molecule has 0 spiro atoms. The van der Waals surface area contributed by atoms with Gasteiger partial charge >= 0.3 is 0 Å². The maximum atomic E-state index is 5.35. The fourth-order valence-corrected chi connectivity index (χ4v) is 7.44. The van der Waals surface area contributed by atoms with Gasteiger partial charge in [-0.25, -0.2) is 9.97 Å². The smallest absolute Gasteiger partial charge is 0.0788 e. The molecule has 51 heavy (non-hydrogen) atoms. The van der Waals surface area contributed by atoms with E-state index in [0.717, 1.165) is 66.9 Å². The molecular weight excluding hydrogens is 623 g/mol. The molecule has 238 valence electrons. The number of pyridine rings is 4. The molecule has 0 aliphatic heterocycles. The molecule has 5 aromatic carbocycles. The van der Waals surface area contributed by atoms with Gasteiger partial charge in [0.05, 0.1) is 33.6 Å². The van der Waals surface area contributed by atoms with Crippen molar-refractivity contribution in [2.24, 2.45) is 0 Å². The number of rotatable bonds is 5. The van der Waals surface area contributed by atoms with E-state index in [1.54, 1.807) is 12.4 Å². The lowest BCUT2D eigenvalue weighted by Gasteiger charge is -2.14. The average molecular weight is 652 g/mol. The summed E-state index contributed by atoms with van der Waals surface area (Å²) in [6.45, 7) is 0. The van der Waals surface area contributed by atoms with Crippen LogP contribution < -0.4 is 0 Å². The number of para-hydroxylation sites is 3. The molecule has 0 atom stereocenters. The second kappa shape index (κ2) is 11.9. The molecule has 0 fully saturated rings. The van der Waals surface area contributed by atoms with Crippen molar-refractivity contribution in [1.82, 2.24) is 24.5 Å². The van der Waals surface area contributed by atoms with E-state index in [-0.39, 0.29) is 0 Å². The van der Waals surface area contributed by atoms with Gasteiger partial charge in [-0.2, -0.15) is 0 Å². The van der Waals surface area contributed by atoms with Crippen molar-refractivity contribution >= 4 is 43.5 Å². The Bertz CT molecular complexity index is 2840. The van der Waals surface area contributed by atoms with Crippen LogP contribution >= 0.6 is 0 Å². The van der Waals surface area contributed by atoms with Crippen molar-refractivity contribution in [2.45, 2.75) is 0 Å². The second-order valence-corrected chi connectivity index (χ2v) is 12.7. The first kappa shape index (κ1) is 29.0. The molecule has 0 bridgehead atoms. The Labute approximate surface area is 294 Å². The van der Waals surface area contributed by atoms with Crippen LogP contribution in [0, 0.1) is 0 Å². The van der Waals surface area contributed by atoms with E-state index < -0.39 is 0 Å². The van der Waals surface area contributed by atoms with Crippen molar-refractivity contribution in [3.8, 4) is 50.6 Å². The number of nitrogens with zero attached hydrogens (tertiary/aromatic N) is 5. The fraction of sp³-hybridized carbons (Fsp3) is 0. The zero-order chi connectivity index (χ0) is 33.7. The third-order valence-electron chi connectivity index (χ3n) is 9.72. The van der Waals surface area contributed by atoms with E-state index in [4.69, 9.17) is 9.97 Å². The molecule has 0 saturated carbocycles. The Hall–Kier alpha value is -6.98. The molecule has 0 saturated heterocycles. The van der Waals surface area contributed by atoms with Crippen LogP contribution in [0.2, 0.25) is 0 Å². The lowest BCUT2D eigenvalue weighted by Crippen LogP contribution is -1.94. The molecule has 5 heteroatoms. The lowest BCUT2D eigenvalue weighted by molar-refractivity contribution is 1.18. The Kier molecular flexibility index (Phi) is 6.74. The van der Waals surface area contributed by atoms with Gasteiger partial charge in [0.2, 0.25) is 0 Å². The average Bonchev–Trinajstić information content (AvgIpc) is 3.56. The second-order valence-electron chi connectivity index (χ2n) is 12.7. The fourth-order valence-electron chi connectivity index (χ4n) is 7.44. The summed E-state index contributed by atoms with van der Waals surface area (Å²) in [4.78, 5) is 19.1. The molecule has 5 nitrogen and oxygen atoms in total. The SMILES string of the molecule is c1ccc(-n2c3ccccc3c3c4c(ccc32)c(-c2cccc(-c3cc(-c5cccnc5)nc(-c5cccnc5)c3)c2)nc2ccccc24)cc1. The van der Waals surface area contributed by atoms with E-state index in [2.05, 4.69) is 142 Å². The van der Waals surface area contributed by atoms with Gasteiger partial charge in [0.15, 0.2) is 0 Å². The minimum atomic E-state index is 0.858. The van der Waals surface area contributed by atoms with E-state index in [1.807, 2.05) is 36.7 Å². The summed E-state index contributed by atoms with van der Waals surface area (Å²) in [7, 11) is 0. The quantitative estimate of drug-likeness (QED) is 0.174. The normalized spacial score (nSPS) is 11.5. The molecule has 10 rings (SSSR count). The van der Waals surface area contributed by atoms with Gasteiger partial charge in [0.25, 0.3) is 0 Å². The van der Waals surface area contributed by atoms with Crippen LogP contribution in [-0.4, -0.2) is 24.5 Å². The molecule has 0 aliphatic rings. The predicted octanol–water partition coefficient (Wildman–Crippen LogP) is 11.3. The first-order chi connectivity index (χ1) is 25.3. The number of aromatic nitrogens is 5. The number of fused-ring (bicyclic) bond motifs is 7. The van der Waals surface area contributed by atoms with Crippen LogP contribution in [0.5, 0.6) is 0 Å². The highest BCUT2D eigenvalue weighted by Gasteiger charge is 2.19. The van der Waals surface area contributed by atoms with Crippen LogP contribution in [0.25, 0.3) is 94.1 Å². The Morgan fingerprint density at radius 2 is 1.06 bits per heavy atom. The lowest BCUT2D eigenvalue weighted by atomic mass is 9.94. The zero-order valence-electron chi connectivity index (χ0n) is 27.5. The third kappa shape index (κ3) is 4.86. The minimum absolute atomic E-state index is 0.858. The van der Waals surface area contributed by atoms with Gasteiger partial charge in [-0.15, -0.1) is 0 Å². The third-order valence-corrected chi connectivity index (χ3v) is 9.72. The Balaban J connectivity index is 1.22. The molecule has 0 unspecified atom stereocenters. The highest BCUT2D eigenvalue weighted by molar-refractivity contribution is 6.29. The standard InChI is InChI=1S/C46H29N5/c1-2-15-35(16-3-1)51-42-20-7-5-18-37(42)45-43(51)22-21-38-44(45)36-17-4-6-19-39(36)50-46(38)31-12-8-11-30(25-31)34-26-40(32-13-9-23-47-28-32)49-41(27-34)33-14-10-24-48-29-33/h1-29H. The van der Waals surface area contributed by atoms with E-state index in [9.17, 15) is 0 Å². The zero-order valence-corrected chi connectivity index (χ0v) is 27.5. The van der Waals surface area contributed by atoms with E-state index in [1.165, 1.54) is 27.2 Å². The first-order valence-electron chi connectivity index (χ1n) is 17.0. The number of benzene rings is 5. The largest absolute Gasteiger partial charge is 0.309 e. The summed E-state index contributed by atoms with van der Waals surface area (Å²) in [6.07, 6.45) is 7.28. The minimum Gasteiger partial charge on any atom is -0.309 e. The van der Waals surface area contributed by atoms with Gasteiger partial charge in [0, 0.05) is 74.1 Å². The van der Waals surface area contributed by atoms with Gasteiger partial charge < -0.3 is 4.57 Å². The Morgan fingerprint density at radius 3 is 1.80 bits per heavy atom. The van der Waals surface area contributed by atoms with Gasteiger partial charge in [-0.1, -0.05) is 78.9 Å². The van der Waals surface area contributed by atoms with Gasteiger partial charge in [-0.05, 0) is 83.9 Å². The maximum absolute atomic E-state index is 5.35. The molecule has 5 heterocycles. The first-order valence-corrected chi connectivity index (χ1v) is 17.0. The molecule has 0 radical (unpaired) electrons. The van der Waals surface area contributed by atoms with Gasteiger partial charge in [-0.3, -0.25) is 9.97 Å². The van der Waals surface area contributed by atoms with Crippen LogP contribution in [-0.2, 0) is 0 Å². The number of hydrogen-bond donors (Lipinski definition) is 0. The summed E-state index contributed by atoms with van der Waals surface area (Å²) < 4.78 is 2.38. The van der Waals surface area contributed by atoms with Crippen LogP contribution in [0.1, 0.15) is 0 Å². The van der Waals surface area contributed by atoms with Crippen molar-refractivity contribution in [1.29, 1.82) is 0 Å². The van der Waals surface area contributed by atoms with Crippen molar-refractivity contribution in [3.63, 3.8) is 0 Å². The van der Waals surface area contributed by atoms with E-state index >= 15 is 0 Å². The molecular formula is C46H29N5. The topological polar surface area (TPSA) is 56.5 Å². The van der Waals surface area contributed by atoms with Crippen LogP contribution in [0.4, 0.5) is 0 Å². The molecule has 10 aromatic rings. The highest BCUT2D eigenvalue weighted by Crippen LogP contribution is 2.43. The summed E-state index contributed by atoms with van der Waals surface area (Å²) in [5.74, 6) is 0. The molecule has 0 amide bonds. The van der Waals surface area contributed by atoms with Gasteiger partial charge in [0.1, 0.15) is 0 Å².